The molecule has 2 amide bonds. The minimum absolute atomic E-state index is 0.0486. The Bertz CT molecular complexity index is 873. The number of carbonyl (C=O) groups is 2. The summed E-state index contributed by atoms with van der Waals surface area (Å²) in [4.78, 5) is 26.4. The maximum Gasteiger partial charge on any atom is 0.407 e. The fourth-order valence-corrected chi connectivity index (χ4v) is 6.44. The summed E-state index contributed by atoms with van der Waals surface area (Å²) in [7, 11) is 0. The standard InChI is InChI=1S/C26H36N2O3/c1-24(2,3)21-6-4-5-18(13-21)19-7-8-25(14-19)9-11-28(12-10-25)22(29)20-15-26(16-20)17-31-23(30)27-26/h4-6,13,19-20H,7-12,14-17H2,1-3H3,(H,27,30)/t19?,20-,26+. The molecular weight excluding hydrogens is 388 g/mol. The van der Waals surface area contributed by atoms with E-state index in [1.54, 1.807) is 0 Å². The minimum Gasteiger partial charge on any atom is -0.447 e. The lowest BCUT2D eigenvalue weighted by Gasteiger charge is -2.46. The highest BCUT2D eigenvalue weighted by Crippen LogP contribution is 2.53. The average molecular weight is 425 g/mol. The van der Waals surface area contributed by atoms with Crippen molar-refractivity contribution in [3.05, 3.63) is 35.4 Å². The number of rotatable bonds is 2. The molecule has 2 saturated heterocycles. The Morgan fingerprint density at radius 1 is 1.13 bits per heavy atom. The van der Waals surface area contributed by atoms with E-state index in [2.05, 4.69) is 55.3 Å². The molecule has 5 heteroatoms. The Labute approximate surface area is 185 Å². The van der Waals surface area contributed by atoms with Gasteiger partial charge >= 0.3 is 6.09 Å². The van der Waals surface area contributed by atoms with Crippen LogP contribution in [0.3, 0.4) is 0 Å². The zero-order valence-electron chi connectivity index (χ0n) is 19.2. The second-order valence-electron chi connectivity index (χ2n) is 11.7. The van der Waals surface area contributed by atoms with Crippen LogP contribution in [0.15, 0.2) is 24.3 Å². The van der Waals surface area contributed by atoms with E-state index >= 15 is 0 Å². The number of hydrogen-bond acceptors (Lipinski definition) is 3. The van der Waals surface area contributed by atoms with Crippen molar-refractivity contribution < 1.29 is 14.3 Å². The van der Waals surface area contributed by atoms with E-state index in [0.29, 0.717) is 17.9 Å². The summed E-state index contributed by atoms with van der Waals surface area (Å²) < 4.78 is 5.04. The van der Waals surface area contributed by atoms with Gasteiger partial charge in [0.2, 0.25) is 5.91 Å². The molecule has 5 rings (SSSR count). The van der Waals surface area contributed by atoms with Crippen molar-refractivity contribution in [2.24, 2.45) is 11.3 Å². The monoisotopic (exact) mass is 424 g/mol. The number of hydrogen-bond donors (Lipinski definition) is 1. The Hall–Kier alpha value is -2.04. The van der Waals surface area contributed by atoms with Gasteiger partial charge < -0.3 is 15.0 Å². The van der Waals surface area contributed by atoms with Gasteiger partial charge in [-0.1, -0.05) is 45.0 Å². The third-order valence-corrected chi connectivity index (χ3v) is 8.53. The van der Waals surface area contributed by atoms with Crippen LogP contribution < -0.4 is 5.32 Å². The summed E-state index contributed by atoms with van der Waals surface area (Å²) in [5.74, 6) is 0.989. The largest absolute Gasteiger partial charge is 0.447 e. The van der Waals surface area contributed by atoms with Crippen LogP contribution in [0.4, 0.5) is 4.79 Å². The Balaban J connectivity index is 1.16. The molecule has 0 aromatic heterocycles. The molecule has 1 aromatic carbocycles. The van der Waals surface area contributed by atoms with Crippen LogP contribution in [0.5, 0.6) is 0 Å². The molecule has 4 aliphatic rings. The minimum atomic E-state index is -0.338. The molecule has 2 aliphatic carbocycles. The number of amides is 2. The SMILES string of the molecule is CC(C)(C)c1cccc(C2CCC3(CCN(C(=O)[C@H]4C[C@]5(COC(=O)N5)C4)CC3)C2)c1. The summed E-state index contributed by atoms with van der Waals surface area (Å²) >= 11 is 0. The predicted molar refractivity (Wildman–Crippen MR) is 120 cm³/mol. The molecule has 0 bridgehead atoms. The number of likely N-dealkylation sites (tertiary alicyclic amines) is 1. The van der Waals surface area contributed by atoms with Gasteiger partial charge in [0.15, 0.2) is 0 Å². The molecule has 0 radical (unpaired) electrons. The Kier molecular flexibility index (Phi) is 4.87. The van der Waals surface area contributed by atoms with E-state index in [1.165, 1.54) is 30.4 Å². The smallest absolute Gasteiger partial charge is 0.407 e. The first kappa shape index (κ1) is 20.8. The number of benzene rings is 1. The Morgan fingerprint density at radius 3 is 2.52 bits per heavy atom. The van der Waals surface area contributed by atoms with Crippen LogP contribution >= 0.6 is 0 Å². The van der Waals surface area contributed by atoms with Gasteiger partial charge in [0.05, 0.1) is 5.54 Å². The normalized spacial score (nSPS) is 32.1. The van der Waals surface area contributed by atoms with Crippen LogP contribution in [0, 0.1) is 11.3 Å². The molecule has 1 N–H and O–H groups in total. The molecule has 2 saturated carbocycles. The van der Waals surface area contributed by atoms with Gasteiger partial charge in [-0.25, -0.2) is 4.79 Å². The third-order valence-electron chi connectivity index (χ3n) is 8.53. The van der Waals surface area contributed by atoms with Gasteiger partial charge in [-0.2, -0.15) is 0 Å². The van der Waals surface area contributed by atoms with Gasteiger partial charge in [-0.3, -0.25) is 4.79 Å². The highest BCUT2D eigenvalue weighted by atomic mass is 16.6. The molecule has 1 unspecified atom stereocenters. The summed E-state index contributed by atoms with van der Waals surface area (Å²) in [5, 5.41) is 2.90. The summed E-state index contributed by atoms with van der Waals surface area (Å²) in [6.07, 6.45) is 7.20. The quantitative estimate of drug-likeness (QED) is 0.745. The van der Waals surface area contributed by atoms with Crippen molar-refractivity contribution in [1.82, 2.24) is 10.2 Å². The fraction of sp³-hybridized carbons (Fsp3) is 0.692. The molecule has 31 heavy (non-hydrogen) atoms. The van der Waals surface area contributed by atoms with Crippen molar-refractivity contribution in [2.45, 2.75) is 82.6 Å². The fourth-order valence-electron chi connectivity index (χ4n) is 6.44. The van der Waals surface area contributed by atoms with Crippen LogP contribution in [0.1, 0.15) is 82.8 Å². The molecule has 2 heterocycles. The molecule has 5 nitrogen and oxygen atoms in total. The zero-order valence-corrected chi connectivity index (χ0v) is 19.2. The number of carbonyl (C=O) groups excluding carboxylic acids is 2. The summed E-state index contributed by atoms with van der Waals surface area (Å²) in [6, 6.07) is 9.23. The van der Waals surface area contributed by atoms with Crippen molar-refractivity contribution in [3.63, 3.8) is 0 Å². The lowest BCUT2D eigenvalue weighted by atomic mass is 9.68. The average Bonchev–Trinajstić information content (AvgIpc) is 3.31. The third kappa shape index (κ3) is 3.85. The maximum absolute atomic E-state index is 13.0. The van der Waals surface area contributed by atoms with E-state index in [0.717, 1.165) is 38.8 Å². The second kappa shape index (κ2) is 7.25. The maximum atomic E-state index is 13.0. The van der Waals surface area contributed by atoms with Crippen molar-refractivity contribution in [1.29, 1.82) is 0 Å². The van der Waals surface area contributed by atoms with Crippen molar-refractivity contribution in [2.75, 3.05) is 19.7 Å². The Morgan fingerprint density at radius 2 is 1.87 bits per heavy atom. The van der Waals surface area contributed by atoms with Gasteiger partial charge in [0.1, 0.15) is 6.61 Å². The number of nitrogens with zero attached hydrogens (tertiary/aromatic N) is 1. The summed E-state index contributed by atoms with van der Waals surface area (Å²) in [5.41, 5.74) is 3.25. The lowest BCUT2D eigenvalue weighted by Crippen LogP contribution is -2.59. The summed E-state index contributed by atoms with van der Waals surface area (Å²) in [6.45, 7) is 9.04. The highest BCUT2D eigenvalue weighted by Gasteiger charge is 2.54. The van der Waals surface area contributed by atoms with Gasteiger partial charge in [0.25, 0.3) is 0 Å². The molecular formula is C26H36N2O3. The van der Waals surface area contributed by atoms with Crippen LogP contribution in [-0.2, 0) is 14.9 Å². The first-order valence-corrected chi connectivity index (χ1v) is 12.0. The zero-order chi connectivity index (χ0) is 21.9. The molecule has 1 atom stereocenters. The first-order valence-electron chi connectivity index (χ1n) is 12.0. The number of nitrogens with one attached hydrogen (secondary N) is 1. The molecule has 2 aliphatic heterocycles. The number of alkyl carbamates (subject to hydrolysis) is 1. The van der Waals surface area contributed by atoms with Gasteiger partial charge in [-0.05, 0) is 72.8 Å². The van der Waals surface area contributed by atoms with Gasteiger partial charge in [0, 0.05) is 19.0 Å². The number of ether oxygens (including phenoxy) is 1. The van der Waals surface area contributed by atoms with E-state index in [1.807, 2.05) is 0 Å². The predicted octanol–water partition coefficient (Wildman–Crippen LogP) is 4.75. The molecule has 168 valence electrons. The first-order chi connectivity index (χ1) is 14.7. The highest BCUT2D eigenvalue weighted by molar-refractivity contribution is 5.81. The second-order valence-corrected chi connectivity index (χ2v) is 11.7. The topological polar surface area (TPSA) is 58.6 Å². The van der Waals surface area contributed by atoms with E-state index in [4.69, 9.17) is 4.74 Å². The molecule has 1 aromatic rings. The van der Waals surface area contributed by atoms with Crippen molar-refractivity contribution in [3.8, 4) is 0 Å². The molecule has 2 spiro atoms. The van der Waals surface area contributed by atoms with Crippen LogP contribution in [0.25, 0.3) is 0 Å². The number of piperidine rings is 1. The van der Waals surface area contributed by atoms with Crippen LogP contribution in [0.2, 0.25) is 0 Å². The lowest BCUT2D eigenvalue weighted by molar-refractivity contribution is -0.143. The van der Waals surface area contributed by atoms with E-state index < -0.39 is 0 Å². The van der Waals surface area contributed by atoms with Gasteiger partial charge in [-0.15, -0.1) is 0 Å². The molecule has 4 fully saturated rings. The van der Waals surface area contributed by atoms with E-state index in [-0.39, 0.29) is 28.9 Å². The van der Waals surface area contributed by atoms with E-state index in [9.17, 15) is 9.59 Å². The number of cyclic esters (lactones) is 1. The van der Waals surface area contributed by atoms with Crippen LogP contribution in [-0.4, -0.2) is 42.1 Å². The van der Waals surface area contributed by atoms with Crippen molar-refractivity contribution >= 4 is 12.0 Å².